The van der Waals surface area contributed by atoms with Crippen LogP contribution >= 0.6 is 0 Å². The van der Waals surface area contributed by atoms with Crippen molar-refractivity contribution in [1.29, 1.82) is 5.26 Å². The largest absolute Gasteiger partial charge is 0.461 e. The monoisotopic (exact) mass is 496 g/mol. The van der Waals surface area contributed by atoms with Crippen molar-refractivity contribution in [3.05, 3.63) is 90.5 Å². The summed E-state index contributed by atoms with van der Waals surface area (Å²) in [7, 11) is -3.95. The molecule has 2 aromatic rings. The third-order valence-corrected chi connectivity index (χ3v) is 5.90. The number of nitrogens with two attached hydrogens (primary N) is 1. The number of ketones is 1. The van der Waals surface area contributed by atoms with Crippen LogP contribution < -0.4 is 5.14 Å². The predicted molar refractivity (Wildman–Crippen MR) is 126 cm³/mol. The van der Waals surface area contributed by atoms with Crippen LogP contribution in [0.15, 0.2) is 78.7 Å². The Morgan fingerprint density at radius 1 is 0.943 bits per heavy atom. The normalized spacial score (nSPS) is 11.7. The number of hydrogen-bond donors (Lipinski definition) is 1. The Labute approximate surface area is 203 Å². The Balaban J connectivity index is 2.50. The average molecular weight is 497 g/mol. The van der Waals surface area contributed by atoms with Gasteiger partial charge in [-0.15, -0.1) is 0 Å². The molecule has 35 heavy (non-hydrogen) atoms. The number of nitrogens with zero attached hydrogens (tertiary/aromatic N) is 1. The number of nitriles is 1. The summed E-state index contributed by atoms with van der Waals surface area (Å²) in [4.78, 5) is 38.7. The number of ether oxygens (including phenoxy) is 2. The highest BCUT2D eigenvalue weighted by Crippen LogP contribution is 2.32. The molecule has 0 aliphatic heterocycles. The second kappa shape index (κ2) is 12.4. The van der Waals surface area contributed by atoms with E-state index in [0.29, 0.717) is 11.1 Å². The van der Waals surface area contributed by atoms with Gasteiger partial charge in [0.15, 0.2) is 11.7 Å². The highest BCUT2D eigenvalue weighted by Gasteiger charge is 2.39. The topological polar surface area (TPSA) is 154 Å². The number of primary sulfonamides is 1. The third-order valence-electron chi connectivity index (χ3n) is 4.98. The molecule has 182 valence electrons. The molecule has 9 nitrogen and oxygen atoms in total. The summed E-state index contributed by atoms with van der Waals surface area (Å²) >= 11 is 0. The summed E-state index contributed by atoms with van der Waals surface area (Å²) in [5, 5.41) is 14.2. The fourth-order valence-corrected chi connectivity index (χ4v) is 3.78. The molecule has 0 aliphatic rings. The first kappa shape index (κ1) is 27.2. The van der Waals surface area contributed by atoms with Crippen LogP contribution in [0, 0.1) is 17.2 Å². The Bertz CT molecular complexity index is 1220. The van der Waals surface area contributed by atoms with Gasteiger partial charge < -0.3 is 9.47 Å². The maximum Gasteiger partial charge on any atom is 0.321 e. The van der Waals surface area contributed by atoms with E-state index in [1.165, 1.54) is 60.7 Å². The molecule has 2 rings (SSSR count). The van der Waals surface area contributed by atoms with Gasteiger partial charge in [0, 0.05) is 17.9 Å². The lowest BCUT2D eigenvalue weighted by Gasteiger charge is -2.24. The number of sulfonamides is 1. The van der Waals surface area contributed by atoms with E-state index in [1.54, 1.807) is 0 Å². The number of rotatable bonds is 12. The fraction of sp³-hybridized carbons (Fsp3) is 0.200. The van der Waals surface area contributed by atoms with Crippen molar-refractivity contribution in [2.24, 2.45) is 11.1 Å². The molecule has 1 atom stereocenters. The molecule has 0 amide bonds. The molecule has 0 spiro atoms. The van der Waals surface area contributed by atoms with Gasteiger partial charge in [-0.25, -0.2) is 13.6 Å². The first-order valence-electron chi connectivity index (χ1n) is 10.3. The van der Waals surface area contributed by atoms with Gasteiger partial charge in [-0.3, -0.25) is 14.4 Å². The predicted octanol–water partition coefficient (Wildman–Crippen LogP) is 2.64. The van der Waals surface area contributed by atoms with Gasteiger partial charge >= 0.3 is 11.9 Å². The summed E-state index contributed by atoms with van der Waals surface area (Å²) in [5.41, 5.74) is 0.917. The minimum Gasteiger partial charge on any atom is -0.461 e. The van der Waals surface area contributed by atoms with Gasteiger partial charge in [0.05, 0.1) is 16.5 Å². The lowest BCUT2D eigenvalue weighted by Crippen LogP contribution is -2.34. The standard InChI is InChI=1S/C25H24N2O7S/c1-3-13-33-24(29)23(25(30)34-14-4-2)21(18-7-5-17(16-26)6-8-18)15-22(28)19-9-11-20(12-10-19)35(27,31)32/h3-12,21,23H,1-2,13-15H2,(H2,27,31,32). The minimum absolute atomic E-state index is 0.147. The molecule has 0 aliphatic carbocycles. The number of Topliss-reactive ketones (excluding diaryl/α,β-unsaturated/α-hetero) is 1. The maximum atomic E-state index is 13.1. The Hall–Kier alpha value is -4.07. The van der Waals surface area contributed by atoms with Gasteiger partial charge in [-0.1, -0.05) is 49.6 Å². The average Bonchev–Trinajstić information content (AvgIpc) is 2.85. The van der Waals surface area contributed by atoms with Gasteiger partial charge in [0.1, 0.15) is 13.2 Å². The zero-order valence-corrected chi connectivity index (χ0v) is 19.6. The Kier molecular flexibility index (Phi) is 9.64. The van der Waals surface area contributed by atoms with E-state index in [-0.39, 0.29) is 30.1 Å². The third kappa shape index (κ3) is 7.46. The van der Waals surface area contributed by atoms with Crippen LogP contribution in [0.5, 0.6) is 0 Å². The number of hydrogen-bond acceptors (Lipinski definition) is 8. The molecule has 2 aromatic carbocycles. The van der Waals surface area contributed by atoms with Crippen molar-refractivity contribution in [2.75, 3.05) is 13.2 Å². The molecule has 0 saturated heterocycles. The molecule has 1 unspecified atom stereocenters. The summed E-state index contributed by atoms with van der Waals surface area (Å²) in [6.45, 7) is 6.64. The number of carbonyl (C=O) groups is 3. The van der Waals surface area contributed by atoms with E-state index >= 15 is 0 Å². The molecular formula is C25H24N2O7S. The molecule has 2 N–H and O–H groups in total. The SMILES string of the molecule is C=CCOC(=O)C(C(=O)OCC=C)C(CC(=O)c1ccc(S(N)(=O)=O)cc1)c1ccc(C#N)cc1. The lowest BCUT2D eigenvalue weighted by atomic mass is 9.81. The number of carbonyl (C=O) groups excluding carboxylic acids is 3. The second-order valence-electron chi connectivity index (χ2n) is 7.35. The molecule has 0 bridgehead atoms. The van der Waals surface area contributed by atoms with Crippen LogP contribution in [0.25, 0.3) is 0 Å². The fourth-order valence-electron chi connectivity index (χ4n) is 3.27. The quantitative estimate of drug-likeness (QED) is 0.204. The summed E-state index contributed by atoms with van der Waals surface area (Å²) in [6, 6.07) is 13.0. The Morgan fingerprint density at radius 3 is 1.89 bits per heavy atom. The summed E-state index contributed by atoms with van der Waals surface area (Å²) < 4.78 is 33.2. The van der Waals surface area contributed by atoms with Gasteiger partial charge in [0.25, 0.3) is 0 Å². The van der Waals surface area contributed by atoms with E-state index in [1.807, 2.05) is 6.07 Å². The smallest absolute Gasteiger partial charge is 0.321 e. The first-order valence-corrected chi connectivity index (χ1v) is 11.9. The molecule has 10 heteroatoms. The van der Waals surface area contributed by atoms with Crippen LogP contribution in [-0.2, 0) is 29.1 Å². The van der Waals surface area contributed by atoms with Gasteiger partial charge in [0.2, 0.25) is 10.0 Å². The molecular weight excluding hydrogens is 472 g/mol. The number of esters is 2. The van der Waals surface area contributed by atoms with E-state index in [9.17, 15) is 22.8 Å². The highest BCUT2D eigenvalue weighted by atomic mass is 32.2. The van der Waals surface area contributed by atoms with Crippen LogP contribution in [0.3, 0.4) is 0 Å². The molecule has 0 heterocycles. The van der Waals surface area contributed by atoms with Crippen LogP contribution in [-0.4, -0.2) is 39.4 Å². The zero-order valence-electron chi connectivity index (χ0n) is 18.8. The van der Waals surface area contributed by atoms with E-state index in [4.69, 9.17) is 19.9 Å². The van der Waals surface area contributed by atoms with Gasteiger partial charge in [-0.05, 0) is 29.8 Å². The molecule has 0 fully saturated rings. The highest BCUT2D eigenvalue weighted by molar-refractivity contribution is 7.89. The van der Waals surface area contributed by atoms with Crippen molar-refractivity contribution in [2.45, 2.75) is 17.2 Å². The lowest BCUT2D eigenvalue weighted by molar-refractivity contribution is -0.162. The van der Waals surface area contributed by atoms with Crippen molar-refractivity contribution in [1.82, 2.24) is 0 Å². The zero-order chi connectivity index (χ0) is 26.0. The van der Waals surface area contributed by atoms with Crippen LogP contribution in [0.2, 0.25) is 0 Å². The van der Waals surface area contributed by atoms with E-state index in [2.05, 4.69) is 13.2 Å². The molecule has 0 saturated carbocycles. The second-order valence-corrected chi connectivity index (χ2v) is 8.91. The van der Waals surface area contributed by atoms with Crippen LogP contribution in [0.4, 0.5) is 0 Å². The van der Waals surface area contributed by atoms with Gasteiger partial charge in [-0.2, -0.15) is 5.26 Å². The summed E-state index contributed by atoms with van der Waals surface area (Å²) in [5.74, 6) is -4.81. The Morgan fingerprint density at radius 2 is 1.46 bits per heavy atom. The first-order chi connectivity index (χ1) is 16.6. The minimum atomic E-state index is -3.95. The van der Waals surface area contributed by atoms with Crippen molar-refractivity contribution in [3.63, 3.8) is 0 Å². The molecule has 0 aromatic heterocycles. The van der Waals surface area contributed by atoms with E-state index < -0.39 is 39.6 Å². The van der Waals surface area contributed by atoms with Crippen LogP contribution in [0.1, 0.15) is 33.8 Å². The van der Waals surface area contributed by atoms with E-state index in [0.717, 1.165) is 0 Å². The summed E-state index contributed by atoms with van der Waals surface area (Å²) in [6.07, 6.45) is 2.34. The van der Waals surface area contributed by atoms with Crippen molar-refractivity contribution in [3.8, 4) is 6.07 Å². The maximum absolute atomic E-state index is 13.1. The molecule has 0 radical (unpaired) electrons. The number of benzene rings is 2. The van der Waals surface area contributed by atoms with Crippen molar-refractivity contribution < 1.29 is 32.3 Å². The van der Waals surface area contributed by atoms with Crippen molar-refractivity contribution >= 4 is 27.7 Å².